The Balaban J connectivity index is 1.48. The van der Waals surface area contributed by atoms with E-state index in [1.807, 2.05) is 4.90 Å². The molecule has 0 aromatic rings. The monoisotopic (exact) mass is 316 g/mol. The van der Waals surface area contributed by atoms with Crippen molar-refractivity contribution >= 4 is 0 Å². The zero-order valence-corrected chi connectivity index (χ0v) is 13.7. The zero-order chi connectivity index (χ0) is 15.6. The summed E-state index contributed by atoms with van der Waals surface area (Å²) in [6.07, 6.45) is 6.60. The van der Waals surface area contributed by atoms with Gasteiger partial charge >= 0.3 is 0 Å². The molecule has 0 bridgehead atoms. The topological polar surface area (TPSA) is 24.5 Å². The number of likely N-dealkylation sites (tertiary alicyclic amines) is 1. The molecular weight excluding hydrogens is 286 g/mol. The fourth-order valence-corrected chi connectivity index (χ4v) is 4.88. The first-order valence-corrected chi connectivity index (χ1v) is 9.02. The second kappa shape index (κ2) is 7.10. The largest absolute Gasteiger partial charge is 0.378 e. The summed E-state index contributed by atoms with van der Waals surface area (Å²) in [5.74, 6) is 0. The quantitative estimate of drug-likeness (QED) is 0.815. The van der Waals surface area contributed by atoms with Crippen molar-refractivity contribution < 1.29 is 13.5 Å². The molecule has 2 atom stereocenters. The molecule has 3 aliphatic rings. The first-order chi connectivity index (χ1) is 10.6. The molecule has 0 unspecified atom stereocenters. The van der Waals surface area contributed by atoms with Crippen molar-refractivity contribution in [2.24, 2.45) is 5.41 Å². The molecule has 0 radical (unpaired) electrons. The molecule has 0 aromatic heterocycles. The van der Waals surface area contributed by atoms with Crippen LogP contribution in [0.25, 0.3) is 0 Å². The lowest BCUT2D eigenvalue weighted by atomic mass is 9.60. The summed E-state index contributed by atoms with van der Waals surface area (Å²) in [5.41, 5.74) is 0.371. The fraction of sp³-hybridized carbons (Fsp3) is 1.00. The molecule has 1 spiro atoms. The Hall–Kier alpha value is -0.260. The lowest BCUT2D eigenvalue weighted by molar-refractivity contribution is -0.133. The van der Waals surface area contributed by atoms with Crippen molar-refractivity contribution in [2.45, 2.75) is 76.5 Å². The number of nitrogens with zero attached hydrogens (tertiary/aromatic N) is 1. The molecule has 3 nitrogen and oxygen atoms in total. The van der Waals surface area contributed by atoms with Gasteiger partial charge in [-0.25, -0.2) is 8.78 Å². The number of nitrogens with one attached hydrogen (secondary N) is 1. The third-order valence-electron chi connectivity index (χ3n) is 6.11. The molecule has 3 rings (SSSR count). The third-order valence-corrected chi connectivity index (χ3v) is 6.11. The second-order valence-electron chi connectivity index (χ2n) is 7.31. The predicted octanol–water partition coefficient (Wildman–Crippen LogP) is 3.04. The van der Waals surface area contributed by atoms with Crippen LogP contribution in [0.1, 0.15) is 51.9 Å². The minimum Gasteiger partial charge on any atom is -0.378 e. The van der Waals surface area contributed by atoms with E-state index in [1.165, 1.54) is 25.7 Å². The highest BCUT2D eigenvalue weighted by atomic mass is 19.3. The van der Waals surface area contributed by atoms with Gasteiger partial charge in [0.25, 0.3) is 6.43 Å². The van der Waals surface area contributed by atoms with E-state index >= 15 is 0 Å². The Labute approximate surface area is 132 Å². The van der Waals surface area contributed by atoms with Crippen LogP contribution in [0.5, 0.6) is 0 Å². The van der Waals surface area contributed by atoms with Crippen molar-refractivity contribution in [1.82, 2.24) is 10.2 Å². The smallest absolute Gasteiger partial charge is 0.251 e. The van der Waals surface area contributed by atoms with Gasteiger partial charge < -0.3 is 10.1 Å². The molecular formula is C17H30F2N2O. The Morgan fingerprint density at radius 3 is 2.50 bits per heavy atom. The van der Waals surface area contributed by atoms with Gasteiger partial charge in [0, 0.05) is 24.1 Å². The Morgan fingerprint density at radius 2 is 1.91 bits per heavy atom. The van der Waals surface area contributed by atoms with E-state index in [-0.39, 0.29) is 6.54 Å². The normalized spacial score (nSPS) is 32.7. The van der Waals surface area contributed by atoms with Crippen molar-refractivity contribution in [3.8, 4) is 0 Å². The first-order valence-electron chi connectivity index (χ1n) is 9.02. The van der Waals surface area contributed by atoms with Crippen LogP contribution >= 0.6 is 0 Å². The van der Waals surface area contributed by atoms with Crippen LogP contribution < -0.4 is 5.32 Å². The van der Waals surface area contributed by atoms with Crippen LogP contribution in [0.3, 0.4) is 0 Å². The van der Waals surface area contributed by atoms with E-state index in [1.54, 1.807) is 0 Å². The third kappa shape index (κ3) is 3.31. The van der Waals surface area contributed by atoms with Gasteiger partial charge in [-0.05, 0) is 52.1 Å². The molecule has 22 heavy (non-hydrogen) atoms. The second-order valence-corrected chi connectivity index (χ2v) is 7.31. The average molecular weight is 316 g/mol. The minimum atomic E-state index is -2.20. The number of piperidine rings is 1. The Bertz CT molecular complexity index is 353. The molecule has 2 aliphatic carbocycles. The highest BCUT2D eigenvalue weighted by Gasteiger charge is 2.56. The molecule has 1 saturated heterocycles. The van der Waals surface area contributed by atoms with Gasteiger partial charge in [0.15, 0.2) is 0 Å². The van der Waals surface area contributed by atoms with Gasteiger partial charge in [0.1, 0.15) is 0 Å². The molecule has 5 heteroatoms. The molecule has 2 saturated carbocycles. The Kier molecular flexibility index (Phi) is 5.35. The van der Waals surface area contributed by atoms with Gasteiger partial charge in [-0.1, -0.05) is 12.8 Å². The number of alkyl halides is 2. The predicted molar refractivity (Wildman–Crippen MR) is 83.3 cm³/mol. The summed E-state index contributed by atoms with van der Waals surface area (Å²) >= 11 is 0. The van der Waals surface area contributed by atoms with Gasteiger partial charge in [0.2, 0.25) is 0 Å². The first kappa shape index (κ1) is 16.6. The van der Waals surface area contributed by atoms with E-state index in [4.69, 9.17) is 4.74 Å². The number of hydrogen-bond donors (Lipinski definition) is 1. The average Bonchev–Trinajstić information content (AvgIpc) is 3.00. The highest BCUT2D eigenvalue weighted by molar-refractivity contribution is 5.10. The molecule has 0 amide bonds. The highest BCUT2D eigenvalue weighted by Crippen LogP contribution is 2.55. The molecule has 128 valence electrons. The van der Waals surface area contributed by atoms with Crippen molar-refractivity contribution in [3.63, 3.8) is 0 Å². The summed E-state index contributed by atoms with van der Waals surface area (Å²) < 4.78 is 30.8. The molecule has 1 N–H and O–H groups in total. The molecule has 3 fully saturated rings. The van der Waals surface area contributed by atoms with Gasteiger partial charge in [-0.2, -0.15) is 0 Å². The standard InChI is InChI=1S/C17H30F2N2O/c1-2-22-15-11-14(17(15)7-3-4-8-17)20-13-5-9-21(10-6-13)12-16(18)19/h13-16,20H,2-12H2,1H3/t14-,15+/m0/s1. The van der Waals surface area contributed by atoms with Crippen molar-refractivity contribution in [3.05, 3.63) is 0 Å². The summed E-state index contributed by atoms with van der Waals surface area (Å²) in [7, 11) is 0. The minimum absolute atomic E-state index is 0.0630. The van der Waals surface area contributed by atoms with Gasteiger partial charge in [-0.15, -0.1) is 0 Å². The van der Waals surface area contributed by atoms with Gasteiger partial charge in [-0.3, -0.25) is 4.90 Å². The van der Waals surface area contributed by atoms with Crippen LogP contribution in [0.15, 0.2) is 0 Å². The lowest BCUT2D eigenvalue weighted by Crippen LogP contribution is -2.65. The maximum absolute atomic E-state index is 12.4. The van der Waals surface area contributed by atoms with E-state index in [2.05, 4.69) is 12.2 Å². The number of hydrogen-bond acceptors (Lipinski definition) is 3. The summed E-state index contributed by atoms with van der Waals surface area (Å²) in [6, 6.07) is 1.08. The van der Waals surface area contributed by atoms with Crippen LogP contribution in [0, 0.1) is 5.41 Å². The maximum Gasteiger partial charge on any atom is 0.251 e. The lowest BCUT2D eigenvalue weighted by Gasteiger charge is -2.55. The zero-order valence-electron chi connectivity index (χ0n) is 13.7. The number of halogens is 2. The number of ether oxygens (including phenoxy) is 1. The fourth-order valence-electron chi connectivity index (χ4n) is 4.88. The van der Waals surface area contributed by atoms with E-state index in [9.17, 15) is 8.78 Å². The van der Waals surface area contributed by atoms with Crippen LogP contribution in [-0.2, 0) is 4.74 Å². The molecule has 1 aliphatic heterocycles. The van der Waals surface area contributed by atoms with Crippen LogP contribution in [0.2, 0.25) is 0 Å². The van der Waals surface area contributed by atoms with Crippen molar-refractivity contribution in [1.29, 1.82) is 0 Å². The van der Waals surface area contributed by atoms with Crippen molar-refractivity contribution in [2.75, 3.05) is 26.2 Å². The maximum atomic E-state index is 12.4. The SMILES string of the molecule is CCO[C@@H]1C[C@H](NC2CCN(CC(F)F)CC2)C12CCCC2. The Morgan fingerprint density at radius 1 is 1.23 bits per heavy atom. The van der Waals surface area contributed by atoms with Crippen LogP contribution in [-0.4, -0.2) is 55.8 Å². The van der Waals surface area contributed by atoms with Gasteiger partial charge in [0.05, 0.1) is 12.6 Å². The van der Waals surface area contributed by atoms with E-state index in [0.29, 0.717) is 23.6 Å². The van der Waals surface area contributed by atoms with E-state index < -0.39 is 6.43 Å². The van der Waals surface area contributed by atoms with Crippen LogP contribution in [0.4, 0.5) is 8.78 Å². The summed E-state index contributed by atoms with van der Waals surface area (Å²) in [5, 5.41) is 3.86. The molecule has 0 aromatic carbocycles. The number of rotatable bonds is 6. The summed E-state index contributed by atoms with van der Waals surface area (Å²) in [6.45, 7) is 4.44. The molecule has 1 heterocycles. The van der Waals surface area contributed by atoms with E-state index in [0.717, 1.165) is 39.0 Å². The summed E-state index contributed by atoms with van der Waals surface area (Å²) in [4.78, 5) is 1.90.